The molecular formula is C14H15BrN2O. The van der Waals surface area contributed by atoms with Crippen molar-refractivity contribution in [3.05, 3.63) is 47.8 Å². The minimum atomic E-state index is 0.376. The zero-order valence-electron chi connectivity index (χ0n) is 10.4. The number of aromatic nitrogens is 2. The van der Waals surface area contributed by atoms with Crippen LogP contribution in [0.25, 0.3) is 0 Å². The molecule has 0 aliphatic rings. The molecule has 1 aromatic carbocycles. The summed E-state index contributed by atoms with van der Waals surface area (Å²) in [5.41, 5.74) is 2.27. The average molecular weight is 307 g/mol. The van der Waals surface area contributed by atoms with Crippen LogP contribution in [0.4, 0.5) is 0 Å². The lowest BCUT2D eigenvalue weighted by Gasteiger charge is -2.08. The molecule has 0 unspecified atom stereocenters. The normalized spacial score (nSPS) is 10.7. The van der Waals surface area contributed by atoms with Crippen LogP contribution in [0.15, 0.2) is 36.7 Å². The van der Waals surface area contributed by atoms with Gasteiger partial charge in [-0.1, -0.05) is 41.9 Å². The van der Waals surface area contributed by atoms with E-state index in [0.717, 1.165) is 16.6 Å². The Morgan fingerprint density at radius 1 is 1.22 bits per heavy atom. The molecule has 0 bridgehead atoms. The maximum absolute atomic E-state index is 5.63. The molecule has 18 heavy (non-hydrogen) atoms. The number of benzene rings is 1. The van der Waals surface area contributed by atoms with Crippen molar-refractivity contribution in [1.29, 1.82) is 0 Å². The van der Waals surface area contributed by atoms with Crippen LogP contribution in [0.1, 0.15) is 30.9 Å². The van der Waals surface area contributed by atoms with E-state index in [9.17, 15) is 0 Å². The maximum atomic E-state index is 5.63. The van der Waals surface area contributed by atoms with Crippen molar-refractivity contribution in [2.24, 2.45) is 0 Å². The largest absolute Gasteiger partial charge is 0.424 e. The smallest absolute Gasteiger partial charge is 0.321 e. The van der Waals surface area contributed by atoms with Gasteiger partial charge in [0.2, 0.25) is 0 Å². The number of alkyl halides is 1. The summed E-state index contributed by atoms with van der Waals surface area (Å²) >= 11 is 3.35. The Morgan fingerprint density at radius 2 is 1.94 bits per heavy atom. The van der Waals surface area contributed by atoms with Gasteiger partial charge in [0.25, 0.3) is 0 Å². The number of nitrogens with zero attached hydrogens (tertiary/aromatic N) is 2. The van der Waals surface area contributed by atoms with Gasteiger partial charge in [0.1, 0.15) is 5.75 Å². The van der Waals surface area contributed by atoms with E-state index in [2.05, 4.69) is 45.8 Å². The Morgan fingerprint density at radius 3 is 2.56 bits per heavy atom. The van der Waals surface area contributed by atoms with Gasteiger partial charge in [-0.25, -0.2) is 9.97 Å². The van der Waals surface area contributed by atoms with E-state index in [4.69, 9.17) is 4.74 Å². The lowest BCUT2D eigenvalue weighted by atomic mass is 10.0. The molecule has 1 aromatic heterocycles. The van der Waals surface area contributed by atoms with Gasteiger partial charge in [-0.05, 0) is 29.2 Å². The second-order valence-corrected chi connectivity index (χ2v) is 4.90. The quantitative estimate of drug-likeness (QED) is 0.791. The highest BCUT2D eigenvalue weighted by atomic mass is 79.9. The Balaban J connectivity index is 2.15. The van der Waals surface area contributed by atoms with E-state index in [1.807, 2.05) is 18.2 Å². The van der Waals surface area contributed by atoms with Crippen LogP contribution in [0.5, 0.6) is 11.8 Å². The average Bonchev–Trinajstić information content (AvgIpc) is 2.40. The van der Waals surface area contributed by atoms with Crippen LogP contribution in [0.2, 0.25) is 0 Å². The first-order chi connectivity index (χ1) is 8.69. The minimum absolute atomic E-state index is 0.376. The Bertz CT molecular complexity index is 511. The van der Waals surface area contributed by atoms with Gasteiger partial charge in [-0.2, -0.15) is 0 Å². The number of halogens is 1. The first-order valence-electron chi connectivity index (χ1n) is 5.83. The Labute approximate surface area is 115 Å². The molecule has 0 N–H and O–H groups in total. The molecule has 94 valence electrons. The zero-order valence-corrected chi connectivity index (χ0v) is 12.0. The monoisotopic (exact) mass is 306 g/mol. The predicted octanol–water partition coefficient (Wildman–Crippen LogP) is 4.29. The van der Waals surface area contributed by atoms with E-state index < -0.39 is 0 Å². The van der Waals surface area contributed by atoms with Crippen LogP contribution < -0.4 is 4.74 Å². The first kappa shape index (κ1) is 13.0. The van der Waals surface area contributed by atoms with Crippen molar-refractivity contribution in [2.75, 3.05) is 0 Å². The second-order valence-electron chi connectivity index (χ2n) is 4.34. The fourth-order valence-corrected chi connectivity index (χ4v) is 1.80. The minimum Gasteiger partial charge on any atom is -0.424 e. The van der Waals surface area contributed by atoms with Gasteiger partial charge >= 0.3 is 6.01 Å². The zero-order chi connectivity index (χ0) is 13.0. The van der Waals surface area contributed by atoms with E-state index in [1.54, 1.807) is 12.4 Å². The highest BCUT2D eigenvalue weighted by molar-refractivity contribution is 9.08. The van der Waals surface area contributed by atoms with Crippen LogP contribution >= 0.6 is 15.9 Å². The van der Waals surface area contributed by atoms with Gasteiger partial charge in [-0.3, -0.25) is 0 Å². The molecule has 0 atom stereocenters. The molecule has 0 aliphatic carbocycles. The highest BCUT2D eigenvalue weighted by Gasteiger charge is 2.04. The van der Waals surface area contributed by atoms with Gasteiger partial charge in [0.05, 0.1) is 0 Å². The molecule has 0 aliphatic heterocycles. The second kappa shape index (κ2) is 5.96. The van der Waals surface area contributed by atoms with Crippen molar-refractivity contribution in [2.45, 2.75) is 25.1 Å². The summed E-state index contributed by atoms with van der Waals surface area (Å²) in [4.78, 5) is 8.31. The maximum Gasteiger partial charge on any atom is 0.321 e. The lowest BCUT2D eigenvalue weighted by molar-refractivity contribution is 0.440. The summed E-state index contributed by atoms with van der Waals surface area (Å²) in [6, 6.07) is 8.38. The van der Waals surface area contributed by atoms with E-state index in [-0.39, 0.29) is 0 Å². The van der Waals surface area contributed by atoms with Crippen LogP contribution in [-0.2, 0) is 5.33 Å². The van der Waals surface area contributed by atoms with Crippen molar-refractivity contribution in [1.82, 2.24) is 9.97 Å². The van der Waals surface area contributed by atoms with Gasteiger partial charge in [0, 0.05) is 17.7 Å². The molecule has 0 fully saturated rings. The molecule has 0 spiro atoms. The third kappa shape index (κ3) is 3.29. The SMILES string of the molecule is CC(C)c1cccc(Oc2ncc(CBr)cn2)c1. The van der Waals surface area contributed by atoms with E-state index >= 15 is 0 Å². The molecule has 0 saturated carbocycles. The first-order valence-corrected chi connectivity index (χ1v) is 6.96. The van der Waals surface area contributed by atoms with E-state index in [1.165, 1.54) is 5.56 Å². The Kier molecular flexibility index (Phi) is 4.31. The van der Waals surface area contributed by atoms with Crippen molar-refractivity contribution in [3.8, 4) is 11.8 Å². The highest BCUT2D eigenvalue weighted by Crippen LogP contribution is 2.23. The third-order valence-electron chi connectivity index (χ3n) is 2.57. The number of hydrogen-bond donors (Lipinski definition) is 0. The molecular weight excluding hydrogens is 292 g/mol. The molecule has 0 saturated heterocycles. The molecule has 2 aromatic rings. The fraction of sp³-hybridized carbons (Fsp3) is 0.286. The van der Waals surface area contributed by atoms with Crippen molar-refractivity contribution >= 4 is 15.9 Å². The summed E-state index contributed by atoms with van der Waals surface area (Å²) in [6.45, 7) is 4.31. The van der Waals surface area contributed by atoms with Crippen molar-refractivity contribution in [3.63, 3.8) is 0 Å². The Hall–Kier alpha value is -1.42. The fourth-order valence-electron chi connectivity index (χ4n) is 1.51. The lowest BCUT2D eigenvalue weighted by Crippen LogP contribution is -1.94. The summed E-state index contributed by atoms with van der Waals surface area (Å²) in [5, 5.41) is 0.746. The number of hydrogen-bond acceptors (Lipinski definition) is 3. The molecule has 3 nitrogen and oxygen atoms in total. The third-order valence-corrected chi connectivity index (χ3v) is 3.22. The summed E-state index contributed by atoms with van der Waals surface area (Å²) in [6.07, 6.45) is 3.51. The number of rotatable bonds is 4. The molecule has 0 radical (unpaired) electrons. The topological polar surface area (TPSA) is 35.0 Å². The molecule has 1 heterocycles. The molecule has 4 heteroatoms. The van der Waals surface area contributed by atoms with Crippen LogP contribution in [0.3, 0.4) is 0 Å². The van der Waals surface area contributed by atoms with Crippen LogP contribution in [-0.4, -0.2) is 9.97 Å². The molecule has 2 rings (SSSR count). The van der Waals surface area contributed by atoms with E-state index in [0.29, 0.717) is 11.9 Å². The summed E-state index contributed by atoms with van der Waals surface area (Å²) < 4.78 is 5.63. The van der Waals surface area contributed by atoms with Crippen LogP contribution in [0, 0.1) is 0 Å². The summed E-state index contributed by atoms with van der Waals surface area (Å²) in [7, 11) is 0. The predicted molar refractivity (Wildman–Crippen MR) is 75.3 cm³/mol. The molecule has 0 amide bonds. The standard InChI is InChI=1S/C14H15BrN2O/c1-10(2)12-4-3-5-13(6-12)18-14-16-8-11(7-15)9-17-14/h3-6,8-10H,7H2,1-2H3. The van der Waals surface area contributed by atoms with Gasteiger partial charge in [-0.15, -0.1) is 0 Å². The van der Waals surface area contributed by atoms with Crippen molar-refractivity contribution < 1.29 is 4.74 Å². The van der Waals surface area contributed by atoms with Gasteiger partial charge in [0.15, 0.2) is 0 Å². The van der Waals surface area contributed by atoms with Gasteiger partial charge < -0.3 is 4.74 Å². The number of ether oxygens (including phenoxy) is 1. The summed E-state index contributed by atoms with van der Waals surface area (Å²) in [5.74, 6) is 1.25.